The van der Waals surface area contributed by atoms with Crippen LogP contribution in [-0.4, -0.2) is 12.1 Å². The molecule has 0 aromatic carbocycles. The molecule has 84 valence electrons. The van der Waals surface area contributed by atoms with Crippen LogP contribution in [0.4, 0.5) is 0 Å². The molecule has 0 aromatic rings. The molecule has 1 aliphatic rings. The quantitative estimate of drug-likeness (QED) is 0.715. The molecule has 1 saturated carbocycles. The van der Waals surface area contributed by atoms with Crippen LogP contribution in [0.3, 0.4) is 0 Å². The first-order chi connectivity index (χ1) is 6.61. The Bertz CT molecular complexity index is 128. The maximum atomic E-state index is 5.96. The summed E-state index contributed by atoms with van der Waals surface area (Å²) in [6.07, 6.45) is 7.86. The van der Waals surface area contributed by atoms with Gasteiger partial charge >= 0.3 is 0 Å². The second-order valence-electron chi connectivity index (χ2n) is 5.10. The summed E-state index contributed by atoms with van der Waals surface area (Å²) in [5, 5.41) is 0. The summed E-state index contributed by atoms with van der Waals surface area (Å²) < 4.78 is 0. The minimum Gasteiger partial charge on any atom is -0.328 e. The number of rotatable bonds is 2. The summed E-state index contributed by atoms with van der Waals surface area (Å²) in [6, 6.07) is 0.753. The van der Waals surface area contributed by atoms with Crippen molar-refractivity contribution in [2.45, 2.75) is 64.5 Å². The van der Waals surface area contributed by atoms with Crippen molar-refractivity contribution in [1.82, 2.24) is 0 Å². The van der Waals surface area contributed by atoms with E-state index in [4.69, 9.17) is 11.5 Å². The van der Waals surface area contributed by atoms with Crippen LogP contribution in [0.2, 0.25) is 0 Å². The van der Waals surface area contributed by atoms with Crippen molar-refractivity contribution in [1.29, 1.82) is 0 Å². The first-order valence-electron chi connectivity index (χ1n) is 6.12. The van der Waals surface area contributed by atoms with Gasteiger partial charge in [0.05, 0.1) is 0 Å². The van der Waals surface area contributed by atoms with Gasteiger partial charge in [-0.25, -0.2) is 0 Å². The normalized spacial score (nSPS) is 34.3. The molecule has 0 amide bonds. The predicted molar refractivity (Wildman–Crippen MR) is 62.0 cm³/mol. The van der Waals surface area contributed by atoms with Crippen LogP contribution in [-0.2, 0) is 0 Å². The van der Waals surface area contributed by atoms with Gasteiger partial charge in [0, 0.05) is 12.1 Å². The zero-order valence-electron chi connectivity index (χ0n) is 9.71. The second kappa shape index (κ2) is 5.72. The largest absolute Gasteiger partial charge is 0.328 e. The van der Waals surface area contributed by atoms with E-state index in [-0.39, 0.29) is 0 Å². The maximum Gasteiger partial charge on any atom is 0.00387 e. The van der Waals surface area contributed by atoms with Gasteiger partial charge in [-0.1, -0.05) is 12.8 Å². The van der Waals surface area contributed by atoms with E-state index >= 15 is 0 Å². The summed E-state index contributed by atoms with van der Waals surface area (Å²) >= 11 is 0. The summed E-state index contributed by atoms with van der Waals surface area (Å²) in [4.78, 5) is 0. The molecular formula is C12H26N2. The highest BCUT2D eigenvalue weighted by Gasteiger charge is 2.20. The van der Waals surface area contributed by atoms with E-state index in [1.165, 1.54) is 38.5 Å². The minimum absolute atomic E-state index is 0.377. The standard InChI is InChI=1S/C12H26N2/c1-9(13)11-5-3-7-12(10(2)14)8-4-6-11/h9-12H,3-8,13-14H2,1-2H3. The predicted octanol–water partition coefficient (Wildman–Crippen LogP) is 2.27. The van der Waals surface area contributed by atoms with Gasteiger partial charge in [-0.2, -0.15) is 0 Å². The SMILES string of the molecule is CC(N)C1CCCC(C(C)N)CCC1. The first-order valence-corrected chi connectivity index (χ1v) is 6.12. The van der Waals surface area contributed by atoms with Crippen molar-refractivity contribution in [3.8, 4) is 0 Å². The average Bonchev–Trinajstić information content (AvgIpc) is 2.01. The number of nitrogens with two attached hydrogens (primary N) is 2. The maximum absolute atomic E-state index is 5.96. The molecule has 1 fully saturated rings. The molecule has 0 saturated heterocycles. The molecule has 0 heterocycles. The summed E-state index contributed by atoms with van der Waals surface area (Å²) in [6.45, 7) is 4.30. The van der Waals surface area contributed by atoms with Gasteiger partial charge in [0.15, 0.2) is 0 Å². The van der Waals surface area contributed by atoms with Crippen molar-refractivity contribution in [3.63, 3.8) is 0 Å². The first kappa shape index (κ1) is 12.0. The fourth-order valence-corrected chi connectivity index (χ4v) is 2.62. The van der Waals surface area contributed by atoms with E-state index in [9.17, 15) is 0 Å². The topological polar surface area (TPSA) is 52.0 Å². The average molecular weight is 198 g/mol. The molecule has 2 heteroatoms. The minimum atomic E-state index is 0.377. The van der Waals surface area contributed by atoms with Crippen molar-refractivity contribution in [2.75, 3.05) is 0 Å². The van der Waals surface area contributed by atoms with Crippen molar-refractivity contribution in [2.24, 2.45) is 23.3 Å². The molecule has 0 spiro atoms. The van der Waals surface area contributed by atoms with Gasteiger partial charge in [0.1, 0.15) is 0 Å². The lowest BCUT2D eigenvalue weighted by Gasteiger charge is -2.28. The van der Waals surface area contributed by atoms with Gasteiger partial charge in [0.2, 0.25) is 0 Å². The molecule has 2 nitrogen and oxygen atoms in total. The molecule has 2 atom stereocenters. The molecule has 4 N–H and O–H groups in total. The Labute approximate surface area is 88.4 Å². The summed E-state index contributed by atoms with van der Waals surface area (Å²) in [7, 11) is 0. The van der Waals surface area contributed by atoms with Crippen LogP contribution in [0.5, 0.6) is 0 Å². The van der Waals surface area contributed by atoms with Crippen molar-refractivity contribution >= 4 is 0 Å². The van der Waals surface area contributed by atoms with E-state index in [1.807, 2.05) is 0 Å². The zero-order valence-corrected chi connectivity index (χ0v) is 9.71. The Morgan fingerprint density at radius 1 is 0.786 bits per heavy atom. The van der Waals surface area contributed by atoms with Gasteiger partial charge in [-0.05, 0) is 51.4 Å². The number of hydrogen-bond donors (Lipinski definition) is 2. The van der Waals surface area contributed by atoms with Crippen molar-refractivity contribution < 1.29 is 0 Å². The Hall–Kier alpha value is -0.0800. The van der Waals surface area contributed by atoms with E-state index in [1.54, 1.807) is 0 Å². The Kier molecular flexibility index (Phi) is 4.90. The van der Waals surface area contributed by atoms with E-state index in [2.05, 4.69) is 13.8 Å². The molecule has 0 bridgehead atoms. The Morgan fingerprint density at radius 2 is 1.07 bits per heavy atom. The van der Waals surface area contributed by atoms with E-state index < -0.39 is 0 Å². The zero-order chi connectivity index (χ0) is 10.6. The smallest absolute Gasteiger partial charge is 0.00387 e. The van der Waals surface area contributed by atoms with Gasteiger partial charge in [0.25, 0.3) is 0 Å². The third kappa shape index (κ3) is 3.58. The molecule has 0 aromatic heterocycles. The molecule has 2 unspecified atom stereocenters. The lowest BCUT2D eigenvalue weighted by molar-refractivity contribution is 0.273. The van der Waals surface area contributed by atoms with Crippen LogP contribution in [0.15, 0.2) is 0 Å². The van der Waals surface area contributed by atoms with Crippen LogP contribution >= 0.6 is 0 Å². The monoisotopic (exact) mass is 198 g/mol. The van der Waals surface area contributed by atoms with E-state index in [0.29, 0.717) is 12.1 Å². The fourth-order valence-electron chi connectivity index (χ4n) is 2.62. The lowest BCUT2D eigenvalue weighted by atomic mass is 9.81. The fraction of sp³-hybridized carbons (Fsp3) is 1.00. The second-order valence-corrected chi connectivity index (χ2v) is 5.10. The molecule has 14 heavy (non-hydrogen) atoms. The van der Waals surface area contributed by atoms with Crippen LogP contribution < -0.4 is 11.5 Å². The van der Waals surface area contributed by atoms with Gasteiger partial charge in [-0.15, -0.1) is 0 Å². The van der Waals surface area contributed by atoms with Gasteiger partial charge < -0.3 is 11.5 Å². The number of hydrogen-bond acceptors (Lipinski definition) is 2. The third-order valence-electron chi connectivity index (χ3n) is 3.79. The highest BCUT2D eigenvalue weighted by molar-refractivity contribution is 4.76. The molecule has 1 aliphatic carbocycles. The Balaban J connectivity index is 2.35. The summed E-state index contributed by atoms with van der Waals surface area (Å²) in [5.41, 5.74) is 11.9. The highest BCUT2D eigenvalue weighted by Crippen LogP contribution is 2.28. The Morgan fingerprint density at radius 3 is 1.29 bits per heavy atom. The lowest BCUT2D eigenvalue weighted by Crippen LogP contribution is -2.31. The molecule has 0 aliphatic heterocycles. The third-order valence-corrected chi connectivity index (χ3v) is 3.79. The van der Waals surface area contributed by atoms with Crippen LogP contribution in [0, 0.1) is 11.8 Å². The van der Waals surface area contributed by atoms with Crippen LogP contribution in [0.1, 0.15) is 52.4 Å². The molecule has 0 radical (unpaired) electrons. The molecular weight excluding hydrogens is 172 g/mol. The van der Waals surface area contributed by atoms with Crippen molar-refractivity contribution in [3.05, 3.63) is 0 Å². The van der Waals surface area contributed by atoms with Gasteiger partial charge in [-0.3, -0.25) is 0 Å². The summed E-state index contributed by atoms with van der Waals surface area (Å²) in [5.74, 6) is 1.51. The van der Waals surface area contributed by atoms with E-state index in [0.717, 1.165) is 11.8 Å². The molecule has 1 rings (SSSR count). The highest BCUT2D eigenvalue weighted by atomic mass is 14.6. The van der Waals surface area contributed by atoms with Crippen LogP contribution in [0.25, 0.3) is 0 Å².